The minimum atomic E-state index is -0.869. The fourth-order valence-corrected chi connectivity index (χ4v) is 3.68. The number of hydrogen-bond acceptors (Lipinski definition) is 4. The Labute approximate surface area is 193 Å². The van der Waals surface area contributed by atoms with E-state index in [2.05, 4.69) is 20.5 Å². The van der Waals surface area contributed by atoms with Crippen molar-refractivity contribution < 1.29 is 23.1 Å². The van der Waals surface area contributed by atoms with Crippen molar-refractivity contribution in [3.63, 3.8) is 0 Å². The number of aliphatic hydroxyl groups is 1. The van der Waals surface area contributed by atoms with Gasteiger partial charge in [-0.2, -0.15) is 5.10 Å². The van der Waals surface area contributed by atoms with E-state index in [0.29, 0.717) is 17.7 Å². The van der Waals surface area contributed by atoms with E-state index in [0.717, 1.165) is 18.2 Å². The molecule has 0 bridgehead atoms. The number of pyridine rings is 1. The number of carbonyl (C=O) groups excluding carboxylic acids is 1. The van der Waals surface area contributed by atoms with Crippen molar-refractivity contribution in [1.82, 2.24) is 20.5 Å². The summed E-state index contributed by atoms with van der Waals surface area (Å²) in [5.74, 6) is -2.81. The highest BCUT2D eigenvalue weighted by molar-refractivity contribution is 6.01. The van der Waals surface area contributed by atoms with Crippen molar-refractivity contribution in [2.75, 3.05) is 6.61 Å². The van der Waals surface area contributed by atoms with E-state index in [-0.39, 0.29) is 35.5 Å². The van der Waals surface area contributed by atoms with Gasteiger partial charge in [0.2, 0.25) is 0 Å². The molecule has 0 aliphatic rings. The molecule has 0 fully saturated rings. The van der Waals surface area contributed by atoms with Gasteiger partial charge in [0.15, 0.2) is 5.82 Å². The highest BCUT2D eigenvalue weighted by atomic mass is 19.1. The molecule has 0 saturated heterocycles. The summed E-state index contributed by atoms with van der Waals surface area (Å²) in [4.78, 5) is 17.3. The number of nitrogens with zero attached hydrogens (tertiary/aromatic N) is 2. The first kappa shape index (κ1) is 23.2. The van der Waals surface area contributed by atoms with Gasteiger partial charge in [-0.15, -0.1) is 0 Å². The van der Waals surface area contributed by atoms with Gasteiger partial charge in [-0.25, -0.2) is 13.2 Å². The molecule has 2 aromatic heterocycles. The van der Waals surface area contributed by atoms with Gasteiger partial charge < -0.3 is 10.4 Å². The third-order valence-corrected chi connectivity index (χ3v) is 5.33. The van der Waals surface area contributed by atoms with Gasteiger partial charge >= 0.3 is 0 Å². The molecule has 9 heteroatoms. The number of rotatable bonds is 8. The molecule has 4 aromatic rings. The molecular weight excluding hydrogens is 445 g/mol. The number of benzene rings is 2. The van der Waals surface area contributed by atoms with Gasteiger partial charge in [-0.05, 0) is 55.0 Å². The Bertz CT molecular complexity index is 1280. The van der Waals surface area contributed by atoms with Crippen LogP contribution < -0.4 is 5.32 Å². The van der Waals surface area contributed by atoms with Crippen LogP contribution in [0.5, 0.6) is 0 Å². The molecule has 0 unspecified atom stereocenters. The molecular formula is C25H21F3N4O2. The first-order valence-electron chi connectivity index (χ1n) is 10.6. The SMILES string of the molecule is O=C(N[C@@H](CCO)Cc1ccccn1)c1cccc(F)c1-c1[nH]nc(-c2ccc(F)cc2)c1F. The van der Waals surface area contributed by atoms with Crippen LogP contribution in [0.15, 0.2) is 66.9 Å². The minimum Gasteiger partial charge on any atom is -0.396 e. The fourth-order valence-electron chi connectivity index (χ4n) is 3.68. The molecule has 34 heavy (non-hydrogen) atoms. The molecule has 3 N–H and O–H groups in total. The predicted octanol–water partition coefficient (Wildman–Crippen LogP) is 4.28. The van der Waals surface area contributed by atoms with Crippen LogP contribution in [0.1, 0.15) is 22.5 Å². The Hall–Kier alpha value is -3.98. The number of H-pyrrole nitrogens is 1. The molecule has 0 spiro atoms. The lowest BCUT2D eigenvalue weighted by atomic mass is 10.0. The summed E-state index contributed by atoms with van der Waals surface area (Å²) >= 11 is 0. The second-order valence-corrected chi connectivity index (χ2v) is 7.64. The van der Waals surface area contributed by atoms with Crippen LogP contribution in [0.3, 0.4) is 0 Å². The van der Waals surface area contributed by atoms with E-state index in [1.165, 1.54) is 24.3 Å². The number of amides is 1. The number of hydrogen-bond donors (Lipinski definition) is 3. The third-order valence-electron chi connectivity index (χ3n) is 5.33. The van der Waals surface area contributed by atoms with Gasteiger partial charge in [-0.3, -0.25) is 14.9 Å². The van der Waals surface area contributed by atoms with Crippen LogP contribution >= 0.6 is 0 Å². The zero-order valence-electron chi connectivity index (χ0n) is 17.9. The van der Waals surface area contributed by atoms with E-state index in [4.69, 9.17) is 0 Å². The number of nitrogens with one attached hydrogen (secondary N) is 2. The molecule has 1 atom stereocenters. The van der Waals surface area contributed by atoms with Crippen molar-refractivity contribution in [1.29, 1.82) is 0 Å². The Kier molecular flexibility index (Phi) is 7.03. The van der Waals surface area contributed by atoms with Crippen LogP contribution in [0.25, 0.3) is 22.5 Å². The summed E-state index contributed by atoms with van der Waals surface area (Å²) in [7, 11) is 0. The average Bonchev–Trinajstić information content (AvgIpc) is 3.21. The average molecular weight is 466 g/mol. The Balaban J connectivity index is 1.65. The summed E-state index contributed by atoms with van der Waals surface area (Å²) in [6.45, 7) is -0.177. The summed E-state index contributed by atoms with van der Waals surface area (Å²) in [6, 6.07) is 13.8. The first-order chi connectivity index (χ1) is 16.5. The van der Waals surface area contributed by atoms with Crippen LogP contribution in [0.4, 0.5) is 13.2 Å². The Morgan fingerprint density at radius 1 is 1.03 bits per heavy atom. The monoisotopic (exact) mass is 466 g/mol. The van der Waals surface area contributed by atoms with Gasteiger partial charge in [0.25, 0.3) is 5.91 Å². The number of halogens is 3. The number of aromatic amines is 1. The summed E-state index contributed by atoms with van der Waals surface area (Å²) in [5, 5.41) is 18.6. The second-order valence-electron chi connectivity index (χ2n) is 7.64. The molecule has 2 heterocycles. The maximum absolute atomic E-state index is 15.3. The Morgan fingerprint density at radius 2 is 1.82 bits per heavy atom. The number of aliphatic hydroxyl groups excluding tert-OH is 1. The maximum Gasteiger partial charge on any atom is 0.252 e. The van der Waals surface area contributed by atoms with Gasteiger partial charge in [0.05, 0.1) is 11.1 Å². The largest absolute Gasteiger partial charge is 0.396 e. The lowest BCUT2D eigenvalue weighted by molar-refractivity contribution is 0.0930. The normalized spacial score (nSPS) is 11.9. The highest BCUT2D eigenvalue weighted by Gasteiger charge is 2.25. The van der Waals surface area contributed by atoms with Crippen molar-refractivity contribution in [3.05, 3.63) is 95.6 Å². The molecule has 0 radical (unpaired) electrons. The van der Waals surface area contributed by atoms with Gasteiger partial charge in [-0.1, -0.05) is 12.1 Å². The second kappa shape index (κ2) is 10.3. The third kappa shape index (κ3) is 4.99. The molecule has 0 saturated carbocycles. The maximum atomic E-state index is 15.3. The van der Waals surface area contributed by atoms with Crippen molar-refractivity contribution in [2.45, 2.75) is 18.9 Å². The summed E-state index contributed by atoms with van der Waals surface area (Å²) in [5.41, 5.74) is 0.200. The molecule has 174 valence electrons. The van der Waals surface area contributed by atoms with Crippen molar-refractivity contribution >= 4 is 5.91 Å². The quantitative estimate of drug-likeness (QED) is 0.362. The van der Waals surface area contributed by atoms with Crippen molar-refractivity contribution in [3.8, 4) is 22.5 Å². The molecule has 6 nitrogen and oxygen atoms in total. The van der Waals surface area contributed by atoms with Gasteiger partial charge in [0, 0.05) is 36.5 Å². The van der Waals surface area contributed by atoms with E-state index in [9.17, 15) is 18.7 Å². The van der Waals surface area contributed by atoms with Crippen molar-refractivity contribution in [2.24, 2.45) is 0 Å². The molecule has 2 aromatic carbocycles. The standard InChI is InChI=1S/C25H21F3N4O2/c26-16-9-7-15(8-10-16)23-22(28)24(32-31-23)21-19(5-3-6-20(21)27)25(34)30-18(11-13-33)14-17-4-1-2-12-29-17/h1-10,12,18,33H,11,13-14H2,(H,30,34)(H,31,32)/t18-/m0/s1. The van der Waals surface area contributed by atoms with Crippen LogP contribution in [0, 0.1) is 17.5 Å². The summed E-state index contributed by atoms with van der Waals surface area (Å²) < 4.78 is 43.4. The molecule has 4 rings (SSSR count). The van der Waals surface area contributed by atoms with Gasteiger partial charge in [0.1, 0.15) is 23.0 Å². The van der Waals surface area contributed by atoms with E-state index >= 15 is 4.39 Å². The molecule has 1 amide bonds. The predicted molar refractivity (Wildman–Crippen MR) is 120 cm³/mol. The fraction of sp³-hybridized carbons (Fsp3) is 0.160. The van der Waals surface area contributed by atoms with E-state index in [1.54, 1.807) is 18.3 Å². The molecule has 0 aliphatic carbocycles. The summed E-state index contributed by atoms with van der Waals surface area (Å²) in [6.07, 6.45) is 2.22. The van der Waals surface area contributed by atoms with E-state index in [1.807, 2.05) is 6.07 Å². The van der Waals surface area contributed by atoms with Crippen LogP contribution in [0.2, 0.25) is 0 Å². The first-order valence-corrected chi connectivity index (χ1v) is 10.6. The smallest absolute Gasteiger partial charge is 0.252 e. The number of aromatic nitrogens is 3. The zero-order valence-corrected chi connectivity index (χ0v) is 17.9. The molecule has 0 aliphatic heterocycles. The lowest BCUT2D eigenvalue weighted by Gasteiger charge is -2.19. The Morgan fingerprint density at radius 3 is 2.53 bits per heavy atom. The van der Waals surface area contributed by atoms with Crippen LogP contribution in [-0.2, 0) is 6.42 Å². The highest BCUT2D eigenvalue weighted by Crippen LogP contribution is 2.32. The van der Waals surface area contributed by atoms with E-state index < -0.39 is 29.4 Å². The number of carbonyl (C=O) groups is 1. The van der Waals surface area contributed by atoms with Crippen LogP contribution in [-0.4, -0.2) is 38.8 Å². The zero-order chi connectivity index (χ0) is 24.1. The topological polar surface area (TPSA) is 90.9 Å². The minimum absolute atomic E-state index is 0.0998. The lowest BCUT2D eigenvalue weighted by Crippen LogP contribution is -2.37.